The Hall–Kier alpha value is -2.80. The summed E-state index contributed by atoms with van der Waals surface area (Å²) in [5.41, 5.74) is 0.0708. The number of methoxy groups -OCH3 is 1. The summed E-state index contributed by atoms with van der Waals surface area (Å²) in [5, 5.41) is 2.47. The van der Waals surface area contributed by atoms with E-state index in [1.54, 1.807) is 31.4 Å². The van der Waals surface area contributed by atoms with Gasteiger partial charge < -0.3 is 19.2 Å². The smallest absolute Gasteiger partial charge is 0.291 e. The predicted octanol–water partition coefficient (Wildman–Crippen LogP) is 5.02. The van der Waals surface area contributed by atoms with Crippen LogP contribution in [0, 0.1) is 5.82 Å². The summed E-state index contributed by atoms with van der Waals surface area (Å²) in [7, 11) is 1.55. The fourth-order valence-electron chi connectivity index (χ4n) is 2.24. The van der Waals surface area contributed by atoms with Crippen LogP contribution in [-0.2, 0) is 6.61 Å². The van der Waals surface area contributed by atoms with E-state index in [0.717, 1.165) is 0 Å². The number of amides is 1. The molecular weight excluding hydrogens is 405 g/mol. The van der Waals surface area contributed by atoms with Gasteiger partial charge in [-0.1, -0.05) is 28.1 Å². The molecule has 0 atom stereocenters. The van der Waals surface area contributed by atoms with E-state index in [-0.39, 0.29) is 18.1 Å². The molecule has 3 aromatic rings. The van der Waals surface area contributed by atoms with Crippen LogP contribution in [0.1, 0.15) is 16.3 Å². The number of carbonyl (C=O) groups excluding carboxylic acids is 1. The van der Waals surface area contributed by atoms with Crippen LogP contribution in [0.3, 0.4) is 0 Å². The number of hydrogen-bond acceptors (Lipinski definition) is 4. The van der Waals surface area contributed by atoms with E-state index in [0.29, 0.717) is 21.7 Å². The van der Waals surface area contributed by atoms with Crippen LogP contribution >= 0.6 is 15.9 Å². The summed E-state index contributed by atoms with van der Waals surface area (Å²) >= 11 is 3.16. The summed E-state index contributed by atoms with van der Waals surface area (Å²) in [6.07, 6.45) is 0. The zero-order chi connectivity index (χ0) is 18.5. The third-order valence-corrected chi connectivity index (χ3v) is 4.00. The molecule has 0 spiro atoms. The summed E-state index contributed by atoms with van der Waals surface area (Å²) < 4.78 is 30.7. The Labute approximate surface area is 157 Å². The lowest BCUT2D eigenvalue weighted by atomic mass is 10.3. The molecule has 5 nitrogen and oxygen atoms in total. The molecule has 2 aromatic carbocycles. The molecule has 1 N–H and O–H groups in total. The average Bonchev–Trinajstić information content (AvgIpc) is 3.11. The van der Waals surface area contributed by atoms with Crippen molar-refractivity contribution in [1.82, 2.24) is 0 Å². The lowest BCUT2D eigenvalue weighted by Crippen LogP contribution is -2.12. The van der Waals surface area contributed by atoms with E-state index in [4.69, 9.17) is 13.9 Å². The number of ether oxygens (including phenoxy) is 2. The lowest BCUT2D eigenvalue weighted by Gasteiger charge is -2.08. The Morgan fingerprint density at radius 2 is 1.92 bits per heavy atom. The van der Waals surface area contributed by atoms with Crippen LogP contribution in [0.2, 0.25) is 0 Å². The molecule has 0 fully saturated rings. The molecule has 0 unspecified atom stereocenters. The van der Waals surface area contributed by atoms with Gasteiger partial charge in [-0.25, -0.2) is 4.39 Å². The zero-order valence-corrected chi connectivity index (χ0v) is 15.4. The molecule has 0 saturated carbocycles. The highest BCUT2D eigenvalue weighted by Gasteiger charge is 2.14. The van der Waals surface area contributed by atoms with Crippen LogP contribution in [0.5, 0.6) is 11.5 Å². The second-order valence-corrected chi connectivity index (χ2v) is 6.20. The molecule has 1 heterocycles. The minimum atomic E-state index is -0.547. The topological polar surface area (TPSA) is 60.7 Å². The van der Waals surface area contributed by atoms with Gasteiger partial charge in [0, 0.05) is 4.47 Å². The fourth-order valence-corrected chi connectivity index (χ4v) is 2.57. The van der Waals surface area contributed by atoms with Gasteiger partial charge >= 0.3 is 0 Å². The average molecular weight is 420 g/mol. The summed E-state index contributed by atoms with van der Waals surface area (Å²) in [6, 6.07) is 14.7. The Morgan fingerprint density at radius 3 is 2.65 bits per heavy atom. The highest BCUT2D eigenvalue weighted by atomic mass is 79.9. The van der Waals surface area contributed by atoms with Crippen molar-refractivity contribution in [2.75, 3.05) is 12.4 Å². The Morgan fingerprint density at radius 1 is 1.15 bits per heavy atom. The maximum absolute atomic E-state index is 13.8. The van der Waals surface area contributed by atoms with Crippen LogP contribution in [0.25, 0.3) is 0 Å². The number of para-hydroxylation sites is 2. The molecule has 0 aliphatic carbocycles. The van der Waals surface area contributed by atoms with Gasteiger partial charge in [-0.2, -0.15) is 0 Å². The molecule has 7 heteroatoms. The summed E-state index contributed by atoms with van der Waals surface area (Å²) in [6.45, 7) is 0.125. The number of nitrogens with one attached hydrogen (secondary N) is 1. The molecule has 1 amide bonds. The molecule has 3 rings (SSSR count). The number of anilines is 1. The minimum Gasteiger partial charge on any atom is -0.493 e. The van der Waals surface area contributed by atoms with Gasteiger partial charge in [-0.3, -0.25) is 4.79 Å². The molecule has 26 heavy (non-hydrogen) atoms. The molecule has 0 radical (unpaired) electrons. The van der Waals surface area contributed by atoms with E-state index in [1.165, 1.54) is 18.2 Å². The SMILES string of the molecule is COc1ccccc1OCc1ccc(C(=O)Nc2ccc(Br)cc2F)o1. The van der Waals surface area contributed by atoms with E-state index in [2.05, 4.69) is 21.2 Å². The Balaban J connectivity index is 1.64. The van der Waals surface area contributed by atoms with Crippen molar-refractivity contribution in [3.05, 3.63) is 76.4 Å². The molecule has 0 aliphatic heterocycles. The Bertz CT molecular complexity index is 925. The number of hydrogen-bond donors (Lipinski definition) is 1. The fraction of sp³-hybridized carbons (Fsp3) is 0.105. The number of rotatable bonds is 6. The second kappa shape index (κ2) is 8.05. The van der Waals surface area contributed by atoms with Gasteiger partial charge in [-0.15, -0.1) is 0 Å². The normalized spacial score (nSPS) is 10.4. The number of benzene rings is 2. The lowest BCUT2D eigenvalue weighted by molar-refractivity contribution is 0.0992. The first-order valence-electron chi connectivity index (χ1n) is 7.68. The third kappa shape index (κ3) is 4.23. The molecule has 0 aliphatic rings. The van der Waals surface area contributed by atoms with Crippen molar-refractivity contribution in [2.24, 2.45) is 0 Å². The van der Waals surface area contributed by atoms with Crippen LogP contribution in [0.15, 0.2) is 63.5 Å². The quantitative estimate of drug-likeness (QED) is 0.609. The minimum absolute atomic E-state index is 0.0611. The standard InChI is InChI=1S/C19H15BrFNO4/c1-24-16-4-2-3-5-17(16)25-11-13-7-9-18(26-13)19(23)22-15-8-6-12(20)10-14(15)21/h2-10H,11H2,1H3,(H,22,23). The molecule has 1 aromatic heterocycles. The van der Waals surface area contributed by atoms with Gasteiger partial charge in [0.05, 0.1) is 12.8 Å². The largest absolute Gasteiger partial charge is 0.493 e. The van der Waals surface area contributed by atoms with Crippen LogP contribution in [-0.4, -0.2) is 13.0 Å². The van der Waals surface area contributed by atoms with Crippen LogP contribution in [0.4, 0.5) is 10.1 Å². The van der Waals surface area contributed by atoms with Gasteiger partial charge in [-0.05, 0) is 42.5 Å². The first kappa shape index (κ1) is 18.0. The van der Waals surface area contributed by atoms with E-state index < -0.39 is 11.7 Å². The van der Waals surface area contributed by atoms with Crippen molar-refractivity contribution in [1.29, 1.82) is 0 Å². The summed E-state index contributed by atoms with van der Waals surface area (Å²) in [4.78, 5) is 12.2. The van der Waals surface area contributed by atoms with Crippen molar-refractivity contribution >= 4 is 27.5 Å². The number of carbonyl (C=O) groups is 1. The van der Waals surface area contributed by atoms with E-state index >= 15 is 0 Å². The van der Waals surface area contributed by atoms with Gasteiger partial charge in [0.25, 0.3) is 5.91 Å². The van der Waals surface area contributed by atoms with Gasteiger partial charge in [0.2, 0.25) is 0 Å². The number of halogens is 2. The predicted molar refractivity (Wildman–Crippen MR) is 98.1 cm³/mol. The van der Waals surface area contributed by atoms with Crippen molar-refractivity contribution in [3.8, 4) is 11.5 Å². The molecule has 134 valence electrons. The zero-order valence-electron chi connectivity index (χ0n) is 13.8. The first-order chi connectivity index (χ1) is 12.6. The van der Waals surface area contributed by atoms with E-state index in [9.17, 15) is 9.18 Å². The first-order valence-corrected chi connectivity index (χ1v) is 8.47. The molecule has 0 saturated heterocycles. The highest BCUT2D eigenvalue weighted by Crippen LogP contribution is 2.27. The van der Waals surface area contributed by atoms with Crippen molar-refractivity contribution in [3.63, 3.8) is 0 Å². The third-order valence-electron chi connectivity index (χ3n) is 3.50. The second-order valence-electron chi connectivity index (χ2n) is 5.28. The van der Waals surface area contributed by atoms with Gasteiger partial charge in [0.15, 0.2) is 17.3 Å². The monoisotopic (exact) mass is 419 g/mol. The summed E-state index contributed by atoms with van der Waals surface area (Å²) in [5.74, 6) is 0.592. The highest BCUT2D eigenvalue weighted by molar-refractivity contribution is 9.10. The molecular formula is C19H15BrFNO4. The maximum Gasteiger partial charge on any atom is 0.291 e. The van der Waals surface area contributed by atoms with E-state index in [1.807, 2.05) is 12.1 Å². The van der Waals surface area contributed by atoms with Gasteiger partial charge in [0.1, 0.15) is 18.2 Å². The van der Waals surface area contributed by atoms with Crippen molar-refractivity contribution < 1.29 is 23.1 Å². The van der Waals surface area contributed by atoms with Crippen LogP contribution < -0.4 is 14.8 Å². The molecule has 0 bridgehead atoms. The van der Waals surface area contributed by atoms with Crippen molar-refractivity contribution in [2.45, 2.75) is 6.61 Å². The number of furan rings is 1. The Kier molecular flexibility index (Phi) is 5.58. The maximum atomic E-state index is 13.8.